The lowest BCUT2D eigenvalue weighted by Crippen LogP contribution is -2.50. The van der Waals surface area contributed by atoms with Gasteiger partial charge in [-0.15, -0.1) is 0 Å². The van der Waals surface area contributed by atoms with E-state index in [1.165, 1.54) is 13.8 Å². The maximum atomic E-state index is 12.7. The topological polar surface area (TPSA) is 79.5 Å². The molecule has 1 rings (SSSR count). The molecular formula is C15H21F3N4O. The number of halogens is 3. The molecule has 1 aromatic rings. The molecule has 4 N–H and O–H groups in total. The minimum Gasteiger partial charge on any atom is -0.369 e. The Balaban J connectivity index is 3.02. The van der Waals surface area contributed by atoms with Crippen LogP contribution in [0.2, 0.25) is 0 Å². The predicted molar refractivity (Wildman–Crippen MR) is 83.6 cm³/mol. The maximum absolute atomic E-state index is 12.7. The molecule has 0 spiro atoms. The van der Waals surface area contributed by atoms with Gasteiger partial charge in [0, 0.05) is 5.54 Å². The monoisotopic (exact) mass is 330 g/mol. The molecule has 0 radical (unpaired) electrons. The highest BCUT2D eigenvalue weighted by molar-refractivity contribution is 5.96. The SMILES string of the molecule is Cc1cc(C(F)(F)F)cc(C)c1N=C(N)NC(=O)NC(C)(C)C. The second-order valence-electron chi connectivity index (χ2n) is 6.28. The third kappa shape index (κ3) is 5.80. The van der Waals surface area contributed by atoms with Crippen molar-refractivity contribution in [2.45, 2.75) is 46.3 Å². The number of nitrogens with two attached hydrogens (primary N) is 1. The number of carbonyl (C=O) groups is 1. The van der Waals surface area contributed by atoms with Gasteiger partial charge in [-0.3, -0.25) is 5.32 Å². The van der Waals surface area contributed by atoms with Crippen LogP contribution in [0, 0.1) is 13.8 Å². The molecule has 23 heavy (non-hydrogen) atoms. The molecule has 1 aromatic carbocycles. The van der Waals surface area contributed by atoms with Gasteiger partial charge in [0.15, 0.2) is 0 Å². The van der Waals surface area contributed by atoms with Crippen molar-refractivity contribution < 1.29 is 18.0 Å². The second-order valence-corrected chi connectivity index (χ2v) is 6.28. The fourth-order valence-electron chi connectivity index (χ4n) is 1.93. The van der Waals surface area contributed by atoms with Gasteiger partial charge in [-0.2, -0.15) is 13.2 Å². The molecule has 0 atom stereocenters. The van der Waals surface area contributed by atoms with Gasteiger partial charge < -0.3 is 11.1 Å². The molecule has 2 amide bonds. The van der Waals surface area contributed by atoms with Crippen LogP contribution in [0.5, 0.6) is 0 Å². The van der Waals surface area contributed by atoms with E-state index in [2.05, 4.69) is 15.6 Å². The average molecular weight is 330 g/mol. The van der Waals surface area contributed by atoms with E-state index in [0.29, 0.717) is 16.8 Å². The fourth-order valence-corrected chi connectivity index (χ4v) is 1.93. The third-order valence-electron chi connectivity index (χ3n) is 2.78. The molecule has 0 unspecified atom stereocenters. The number of urea groups is 1. The molecule has 0 saturated carbocycles. The van der Waals surface area contributed by atoms with Crippen LogP contribution in [0.3, 0.4) is 0 Å². The van der Waals surface area contributed by atoms with Crippen LogP contribution in [-0.2, 0) is 6.18 Å². The van der Waals surface area contributed by atoms with Gasteiger partial charge in [0.05, 0.1) is 11.3 Å². The number of hydrogen-bond donors (Lipinski definition) is 3. The maximum Gasteiger partial charge on any atom is 0.416 e. The van der Waals surface area contributed by atoms with E-state index in [1.807, 2.05) is 0 Å². The first-order chi connectivity index (χ1) is 10.3. The number of carbonyl (C=O) groups excluding carboxylic acids is 1. The number of benzene rings is 1. The lowest BCUT2D eigenvalue weighted by atomic mass is 10.0. The molecule has 0 bridgehead atoms. The summed E-state index contributed by atoms with van der Waals surface area (Å²) in [5.41, 5.74) is 5.38. The fraction of sp³-hybridized carbons (Fsp3) is 0.467. The first-order valence-corrected chi connectivity index (χ1v) is 6.91. The van der Waals surface area contributed by atoms with Crippen molar-refractivity contribution in [3.63, 3.8) is 0 Å². The first kappa shape index (κ1) is 18.8. The smallest absolute Gasteiger partial charge is 0.369 e. The van der Waals surface area contributed by atoms with Gasteiger partial charge in [-0.1, -0.05) is 0 Å². The van der Waals surface area contributed by atoms with E-state index in [1.54, 1.807) is 20.8 Å². The summed E-state index contributed by atoms with van der Waals surface area (Å²) >= 11 is 0. The summed E-state index contributed by atoms with van der Waals surface area (Å²) in [5, 5.41) is 4.97. The molecule has 0 aliphatic carbocycles. The number of alkyl halides is 3. The van der Waals surface area contributed by atoms with E-state index in [-0.39, 0.29) is 5.96 Å². The van der Waals surface area contributed by atoms with Gasteiger partial charge in [0.25, 0.3) is 0 Å². The van der Waals surface area contributed by atoms with Crippen LogP contribution in [-0.4, -0.2) is 17.5 Å². The number of nitrogens with one attached hydrogen (secondary N) is 2. The summed E-state index contributed by atoms with van der Waals surface area (Å²) in [6, 6.07) is 1.45. The quantitative estimate of drug-likeness (QED) is 0.545. The minimum absolute atomic E-state index is 0.197. The van der Waals surface area contributed by atoms with Crippen LogP contribution in [0.15, 0.2) is 17.1 Å². The Kier molecular flexibility index (Phi) is 5.29. The Morgan fingerprint density at radius 1 is 1.13 bits per heavy atom. The first-order valence-electron chi connectivity index (χ1n) is 6.91. The highest BCUT2D eigenvalue weighted by Gasteiger charge is 2.31. The number of aliphatic imine (C=N–C) groups is 1. The zero-order valence-corrected chi connectivity index (χ0v) is 13.7. The lowest BCUT2D eigenvalue weighted by molar-refractivity contribution is -0.137. The largest absolute Gasteiger partial charge is 0.416 e. The number of amides is 2. The van der Waals surface area contributed by atoms with E-state index in [9.17, 15) is 18.0 Å². The Labute approximate surface area is 133 Å². The molecule has 8 heteroatoms. The molecular weight excluding hydrogens is 309 g/mol. The number of aryl methyl sites for hydroxylation is 2. The van der Waals surface area contributed by atoms with Crippen molar-refractivity contribution in [2.24, 2.45) is 10.7 Å². The van der Waals surface area contributed by atoms with Crippen LogP contribution in [0.25, 0.3) is 0 Å². The zero-order chi connectivity index (χ0) is 18.0. The van der Waals surface area contributed by atoms with Crippen molar-refractivity contribution in [1.82, 2.24) is 10.6 Å². The van der Waals surface area contributed by atoms with Gasteiger partial charge in [0.2, 0.25) is 5.96 Å². The standard InChI is InChI=1S/C15H21F3N4O/c1-8-6-10(15(16,17)18)7-9(2)11(8)20-12(19)21-13(23)22-14(3,4)5/h6-7H,1-5H3,(H4,19,20,21,22,23). The number of rotatable bonds is 1. The Morgan fingerprint density at radius 2 is 1.61 bits per heavy atom. The van der Waals surface area contributed by atoms with E-state index < -0.39 is 23.3 Å². The number of guanidine groups is 1. The summed E-state index contributed by atoms with van der Waals surface area (Å²) in [4.78, 5) is 15.7. The average Bonchev–Trinajstić information content (AvgIpc) is 2.29. The minimum atomic E-state index is -4.42. The summed E-state index contributed by atoms with van der Waals surface area (Å²) in [6.45, 7) is 8.39. The van der Waals surface area contributed by atoms with Crippen molar-refractivity contribution in [2.75, 3.05) is 0 Å². The molecule has 0 aliphatic heterocycles. The molecule has 0 fully saturated rings. The predicted octanol–water partition coefficient (Wildman–Crippen LogP) is 3.37. The second kappa shape index (κ2) is 6.47. The molecule has 0 heterocycles. The van der Waals surface area contributed by atoms with E-state index in [0.717, 1.165) is 12.1 Å². The van der Waals surface area contributed by atoms with Crippen LogP contribution >= 0.6 is 0 Å². The van der Waals surface area contributed by atoms with Crippen molar-refractivity contribution in [3.05, 3.63) is 28.8 Å². The Bertz CT molecular complexity index is 608. The van der Waals surface area contributed by atoms with Crippen molar-refractivity contribution in [3.8, 4) is 0 Å². The van der Waals surface area contributed by atoms with Crippen molar-refractivity contribution in [1.29, 1.82) is 0 Å². The van der Waals surface area contributed by atoms with Crippen LogP contribution in [0.4, 0.5) is 23.7 Å². The van der Waals surface area contributed by atoms with Gasteiger partial charge in [-0.05, 0) is 57.9 Å². The summed E-state index contributed by atoms with van der Waals surface area (Å²) < 4.78 is 38.2. The molecule has 0 aromatic heterocycles. The normalized spacial score (nSPS) is 13.0. The summed E-state index contributed by atoms with van der Waals surface area (Å²) in [6.07, 6.45) is -4.42. The Hall–Kier alpha value is -2.25. The molecule has 128 valence electrons. The van der Waals surface area contributed by atoms with E-state index in [4.69, 9.17) is 5.73 Å². The van der Waals surface area contributed by atoms with Crippen molar-refractivity contribution >= 4 is 17.7 Å². The number of hydrogen-bond acceptors (Lipinski definition) is 2. The molecule has 0 saturated heterocycles. The number of nitrogens with zero attached hydrogens (tertiary/aromatic N) is 1. The third-order valence-corrected chi connectivity index (χ3v) is 2.78. The summed E-state index contributed by atoms with van der Waals surface area (Å²) in [7, 11) is 0. The molecule has 0 aliphatic rings. The van der Waals surface area contributed by atoms with Gasteiger partial charge in [0.1, 0.15) is 0 Å². The van der Waals surface area contributed by atoms with E-state index >= 15 is 0 Å². The van der Waals surface area contributed by atoms with Crippen LogP contribution in [0.1, 0.15) is 37.5 Å². The lowest BCUT2D eigenvalue weighted by Gasteiger charge is -2.20. The highest BCUT2D eigenvalue weighted by Crippen LogP contribution is 2.34. The zero-order valence-electron chi connectivity index (χ0n) is 13.7. The van der Waals surface area contributed by atoms with Gasteiger partial charge >= 0.3 is 12.2 Å². The highest BCUT2D eigenvalue weighted by atomic mass is 19.4. The summed E-state index contributed by atoms with van der Waals surface area (Å²) in [5.74, 6) is -0.197. The Morgan fingerprint density at radius 3 is 2.00 bits per heavy atom. The van der Waals surface area contributed by atoms with Gasteiger partial charge in [-0.25, -0.2) is 9.79 Å². The van der Waals surface area contributed by atoms with Crippen LogP contribution < -0.4 is 16.4 Å². The molecule has 5 nitrogen and oxygen atoms in total.